The molecule has 0 aliphatic heterocycles. The molecule has 0 aromatic carbocycles. The molecule has 0 fully saturated rings. The van der Waals surface area contributed by atoms with Crippen LogP contribution < -0.4 is 10.6 Å². The van der Waals surface area contributed by atoms with Crippen LogP contribution in [0, 0.1) is 0 Å². The van der Waals surface area contributed by atoms with Crippen molar-refractivity contribution in [2.75, 3.05) is 39.5 Å². The Morgan fingerprint density at radius 2 is 2.18 bits per heavy atom. The molecule has 1 aromatic heterocycles. The fourth-order valence-corrected chi connectivity index (χ4v) is 1.38. The second kappa shape index (κ2) is 6.85. The van der Waals surface area contributed by atoms with E-state index in [1.807, 2.05) is 14.1 Å². The highest BCUT2D eigenvalue weighted by molar-refractivity contribution is 5.93. The van der Waals surface area contributed by atoms with Gasteiger partial charge in [-0.3, -0.25) is 4.79 Å². The molecule has 1 rings (SSSR count). The summed E-state index contributed by atoms with van der Waals surface area (Å²) in [7, 11) is 5.83. The molecule has 17 heavy (non-hydrogen) atoms. The quantitative estimate of drug-likeness (QED) is 0.718. The van der Waals surface area contributed by atoms with Gasteiger partial charge in [-0.2, -0.15) is 0 Å². The average Bonchev–Trinajstić information content (AvgIpc) is 2.34. The van der Waals surface area contributed by atoms with E-state index in [9.17, 15) is 4.79 Å². The highest BCUT2D eigenvalue weighted by atomic mass is 16.1. The minimum Gasteiger partial charge on any atom is -0.373 e. The number of nitrogens with one attached hydrogen (secondary N) is 2. The zero-order chi connectivity index (χ0) is 12.7. The first-order valence-corrected chi connectivity index (χ1v) is 5.70. The Bertz CT molecular complexity index is 348. The third-order valence-corrected chi connectivity index (χ3v) is 2.35. The van der Waals surface area contributed by atoms with Crippen molar-refractivity contribution in [3.63, 3.8) is 0 Å². The summed E-state index contributed by atoms with van der Waals surface area (Å²) < 4.78 is 0. The Hall–Kier alpha value is -1.62. The van der Waals surface area contributed by atoms with Gasteiger partial charge in [-0.15, -0.1) is 0 Å². The standard InChI is InChI=1S/C12H20N4O/c1-13-11-6-5-10(9-15-11)12(17)14-7-4-8-16(2)3/h5-6,9H,4,7-8H2,1-3H3,(H,13,15)(H,14,17). The molecule has 1 amide bonds. The van der Waals surface area contributed by atoms with Crippen LogP contribution in [0.3, 0.4) is 0 Å². The van der Waals surface area contributed by atoms with Crippen LogP contribution in [-0.2, 0) is 0 Å². The van der Waals surface area contributed by atoms with Gasteiger partial charge in [0.2, 0.25) is 0 Å². The second-order valence-electron chi connectivity index (χ2n) is 4.09. The molecule has 5 heteroatoms. The summed E-state index contributed by atoms with van der Waals surface area (Å²) in [5, 5.41) is 5.78. The molecule has 0 radical (unpaired) electrons. The van der Waals surface area contributed by atoms with Crippen LogP contribution in [0.5, 0.6) is 0 Å². The monoisotopic (exact) mass is 236 g/mol. The maximum Gasteiger partial charge on any atom is 0.252 e. The molecule has 0 saturated heterocycles. The summed E-state index contributed by atoms with van der Waals surface area (Å²) in [5.41, 5.74) is 0.592. The molecule has 5 nitrogen and oxygen atoms in total. The number of carbonyl (C=O) groups is 1. The lowest BCUT2D eigenvalue weighted by atomic mass is 10.2. The third kappa shape index (κ3) is 4.82. The first-order valence-electron chi connectivity index (χ1n) is 5.70. The van der Waals surface area contributed by atoms with Gasteiger partial charge in [-0.05, 0) is 39.2 Å². The molecule has 1 heterocycles. The smallest absolute Gasteiger partial charge is 0.252 e. The van der Waals surface area contributed by atoms with Crippen molar-refractivity contribution < 1.29 is 4.79 Å². The van der Waals surface area contributed by atoms with Crippen LogP contribution in [0.15, 0.2) is 18.3 Å². The van der Waals surface area contributed by atoms with Crippen LogP contribution >= 0.6 is 0 Å². The van der Waals surface area contributed by atoms with Gasteiger partial charge in [0, 0.05) is 19.8 Å². The zero-order valence-corrected chi connectivity index (χ0v) is 10.7. The van der Waals surface area contributed by atoms with Gasteiger partial charge in [0.05, 0.1) is 5.56 Å². The van der Waals surface area contributed by atoms with Gasteiger partial charge < -0.3 is 15.5 Å². The maximum atomic E-state index is 11.7. The Morgan fingerprint density at radius 1 is 1.41 bits per heavy atom. The van der Waals surface area contributed by atoms with Crippen LogP contribution in [0.2, 0.25) is 0 Å². The van der Waals surface area contributed by atoms with Gasteiger partial charge in [-0.25, -0.2) is 4.98 Å². The number of amides is 1. The predicted octanol–water partition coefficient (Wildman–Crippen LogP) is 0.805. The maximum absolute atomic E-state index is 11.7. The van der Waals surface area contributed by atoms with Gasteiger partial charge in [-0.1, -0.05) is 0 Å². The molecule has 0 spiro atoms. The lowest BCUT2D eigenvalue weighted by Gasteiger charge is -2.09. The molecule has 0 atom stereocenters. The Morgan fingerprint density at radius 3 is 2.71 bits per heavy atom. The number of aromatic nitrogens is 1. The van der Waals surface area contributed by atoms with E-state index in [0.717, 1.165) is 18.8 Å². The van der Waals surface area contributed by atoms with Crippen molar-refractivity contribution in [1.82, 2.24) is 15.2 Å². The molecule has 0 saturated carbocycles. The minimum absolute atomic E-state index is 0.0705. The molecular formula is C12H20N4O. The molecular weight excluding hydrogens is 216 g/mol. The van der Waals surface area contributed by atoms with Gasteiger partial charge >= 0.3 is 0 Å². The lowest BCUT2D eigenvalue weighted by molar-refractivity contribution is 0.0952. The topological polar surface area (TPSA) is 57.3 Å². The summed E-state index contributed by atoms with van der Waals surface area (Å²) in [4.78, 5) is 17.9. The van der Waals surface area contributed by atoms with Crippen LogP contribution in [0.4, 0.5) is 5.82 Å². The number of anilines is 1. The van der Waals surface area contributed by atoms with E-state index >= 15 is 0 Å². The van der Waals surface area contributed by atoms with Crippen molar-refractivity contribution in [2.24, 2.45) is 0 Å². The minimum atomic E-state index is -0.0705. The fraction of sp³-hybridized carbons (Fsp3) is 0.500. The van der Waals surface area contributed by atoms with Crippen LogP contribution in [0.1, 0.15) is 16.8 Å². The van der Waals surface area contributed by atoms with Gasteiger partial charge in [0.15, 0.2) is 0 Å². The molecule has 2 N–H and O–H groups in total. The van der Waals surface area contributed by atoms with Gasteiger partial charge in [0.25, 0.3) is 5.91 Å². The average molecular weight is 236 g/mol. The number of rotatable bonds is 6. The van der Waals surface area contributed by atoms with Crippen molar-refractivity contribution in [3.05, 3.63) is 23.9 Å². The Kier molecular flexibility index (Phi) is 5.42. The SMILES string of the molecule is CNc1ccc(C(=O)NCCCN(C)C)cn1. The van der Waals surface area contributed by atoms with E-state index in [1.165, 1.54) is 0 Å². The van der Waals surface area contributed by atoms with Crippen LogP contribution in [-0.4, -0.2) is 50.0 Å². The highest BCUT2D eigenvalue weighted by Gasteiger charge is 2.04. The predicted molar refractivity (Wildman–Crippen MR) is 69.3 cm³/mol. The summed E-state index contributed by atoms with van der Waals surface area (Å²) in [6, 6.07) is 3.55. The van der Waals surface area contributed by atoms with Crippen molar-refractivity contribution in [1.29, 1.82) is 0 Å². The number of nitrogens with zero attached hydrogens (tertiary/aromatic N) is 2. The van der Waals surface area contributed by atoms with Gasteiger partial charge in [0.1, 0.15) is 5.82 Å². The van der Waals surface area contributed by atoms with Crippen LogP contribution in [0.25, 0.3) is 0 Å². The van der Waals surface area contributed by atoms with E-state index in [1.54, 1.807) is 25.4 Å². The Balaban J connectivity index is 2.36. The summed E-state index contributed by atoms with van der Waals surface area (Å²) >= 11 is 0. The van der Waals surface area contributed by atoms with Crippen molar-refractivity contribution in [3.8, 4) is 0 Å². The molecule has 0 aliphatic rings. The van der Waals surface area contributed by atoms with E-state index in [0.29, 0.717) is 12.1 Å². The Labute approximate surface area is 102 Å². The number of hydrogen-bond donors (Lipinski definition) is 2. The molecule has 0 bridgehead atoms. The summed E-state index contributed by atoms with van der Waals surface area (Å²) in [6.45, 7) is 1.65. The molecule has 0 unspecified atom stereocenters. The second-order valence-corrected chi connectivity index (χ2v) is 4.09. The number of pyridine rings is 1. The van der Waals surface area contributed by atoms with Crippen molar-refractivity contribution in [2.45, 2.75) is 6.42 Å². The van der Waals surface area contributed by atoms with E-state index in [4.69, 9.17) is 0 Å². The number of carbonyl (C=O) groups excluding carboxylic acids is 1. The van der Waals surface area contributed by atoms with E-state index in [-0.39, 0.29) is 5.91 Å². The third-order valence-electron chi connectivity index (χ3n) is 2.35. The lowest BCUT2D eigenvalue weighted by Crippen LogP contribution is -2.27. The van der Waals surface area contributed by atoms with E-state index < -0.39 is 0 Å². The van der Waals surface area contributed by atoms with E-state index in [2.05, 4.69) is 20.5 Å². The number of hydrogen-bond acceptors (Lipinski definition) is 4. The molecule has 0 aliphatic carbocycles. The highest BCUT2D eigenvalue weighted by Crippen LogP contribution is 2.03. The zero-order valence-electron chi connectivity index (χ0n) is 10.7. The normalized spacial score (nSPS) is 10.4. The molecule has 1 aromatic rings. The summed E-state index contributed by atoms with van der Waals surface area (Å²) in [6.07, 6.45) is 2.52. The largest absolute Gasteiger partial charge is 0.373 e. The summed E-state index contributed by atoms with van der Waals surface area (Å²) in [5.74, 6) is 0.688. The molecule has 94 valence electrons. The fourth-order valence-electron chi connectivity index (χ4n) is 1.38. The first kappa shape index (κ1) is 13.4. The van der Waals surface area contributed by atoms with Crippen molar-refractivity contribution >= 4 is 11.7 Å². The first-order chi connectivity index (χ1) is 8.13.